The number of carbonyl (C=O) groups excluding carboxylic acids is 1. The van der Waals surface area contributed by atoms with Crippen molar-refractivity contribution in [1.29, 1.82) is 0 Å². The van der Waals surface area contributed by atoms with Crippen LogP contribution in [0.1, 0.15) is 28.4 Å². The molecule has 0 fully saturated rings. The maximum atomic E-state index is 12.2. The zero-order valence-electron chi connectivity index (χ0n) is 12.0. The van der Waals surface area contributed by atoms with Gasteiger partial charge in [-0.2, -0.15) is 0 Å². The van der Waals surface area contributed by atoms with Gasteiger partial charge >= 0.3 is 0 Å². The fourth-order valence-electron chi connectivity index (χ4n) is 1.94. The molecule has 0 saturated carbocycles. The lowest BCUT2D eigenvalue weighted by molar-refractivity contribution is 0.104. The predicted octanol–water partition coefficient (Wildman–Crippen LogP) is 4.29. The van der Waals surface area contributed by atoms with Crippen LogP contribution < -0.4 is 4.74 Å². The van der Waals surface area contributed by atoms with E-state index in [1.807, 2.05) is 62.4 Å². The fraction of sp³-hybridized carbons (Fsp3) is 0.167. The van der Waals surface area contributed by atoms with E-state index in [0.29, 0.717) is 5.56 Å². The molecule has 0 aromatic heterocycles. The van der Waals surface area contributed by atoms with E-state index in [0.717, 1.165) is 22.4 Å². The largest absolute Gasteiger partial charge is 0.497 e. The molecule has 2 aromatic rings. The van der Waals surface area contributed by atoms with Crippen LogP contribution in [0.3, 0.4) is 0 Å². The van der Waals surface area contributed by atoms with E-state index in [9.17, 15) is 4.79 Å². The van der Waals surface area contributed by atoms with E-state index in [4.69, 9.17) is 4.74 Å². The second-order valence-electron chi connectivity index (χ2n) is 4.79. The number of benzene rings is 2. The lowest BCUT2D eigenvalue weighted by Crippen LogP contribution is -1.95. The molecule has 0 amide bonds. The highest BCUT2D eigenvalue weighted by Crippen LogP contribution is 2.19. The highest BCUT2D eigenvalue weighted by atomic mass is 16.5. The Kier molecular flexibility index (Phi) is 4.36. The van der Waals surface area contributed by atoms with Crippen LogP contribution in [-0.4, -0.2) is 12.9 Å². The van der Waals surface area contributed by atoms with Gasteiger partial charge in [0.2, 0.25) is 0 Å². The molecular weight excluding hydrogens is 248 g/mol. The van der Waals surface area contributed by atoms with E-state index in [1.165, 1.54) is 0 Å². The molecule has 0 saturated heterocycles. The number of aryl methyl sites for hydroxylation is 1. The van der Waals surface area contributed by atoms with Crippen LogP contribution in [-0.2, 0) is 0 Å². The number of ketones is 1. The summed E-state index contributed by atoms with van der Waals surface area (Å²) >= 11 is 0. The second-order valence-corrected chi connectivity index (χ2v) is 4.79. The quantitative estimate of drug-likeness (QED) is 0.609. The lowest BCUT2D eigenvalue weighted by atomic mass is 10.0. The maximum absolute atomic E-state index is 12.2. The summed E-state index contributed by atoms with van der Waals surface area (Å²) in [6, 6.07) is 15.3. The van der Waals surface area contributed by atoms with E-state index >= 15 is 0 Å². The fourth-order valence-corrected chi connectivity index (χ4v) is 1.94. The number of hydrogen-bond donors (Lipinski definition) is 0. The van der Waals surface area contributed by atoms with Gasteiger partial charge in [-0.1, -0.05) is 42.0 Å². The Morgan fingerprint density at radius 1 is 0.950 bits per heavy atom. The molecule has 0 radical (unpaired) electrons. The Morgan fingerprint density at radius 3 is 2.05 bits per heavy atom. The molecule has 0 heterocycles. The van der Waals surface area contributed by atoms with Gasteiger partial charge in [-0.3, -0.25) is 4.79 Å². The molecule has 2 rings (SSSR count). The molecule has 0 aliphatic carbocycles. The number of methoxy groups -OCH3 is 1. The first kappa shape index (κ1) is 14.1. The molecule has 0 aliphatic rings. The summed E-state index contributed by atoms with van der Waals surface area (Å²) in [5.74, 6) is 0.838. The van der Waals surface area contributed by atoms with Crippen LogP contribution in [0.5, 0.6) is 5.75 Å². The average molecular weight is 266 g/mol. The zero-order chi connectivity index (χ0) is 14.5. The summed E-state index contributed by atoms with van der Waals surface area (Å²) in [6.07, 6.45) is 1.67. The van der Waals surface area contributed by atoms with Crippen LogP contribution in [0.2, 0.25) is 0 Å². The molecule has 2 nitrogen and oxygen atoms in total. The van der Waals surface area contributed by atoms with Crippen LogP contribution in [0, 0.1) is 6.92 Å². The molecule has 20 heavy (non-hydrogen) atoms. The van der Waals surface area contributed by atoms with Gasteiger partial charge in [-0.15, -0.1) is 0 Å². The normalized spacial score (nSPS) is 11.2. The molecule has 2 aromatic carbocycles. The highest BCUT2D eigenvalue weighted by Gasteiger charge is 2.04. The van der Waals surface area contributed by atoms with Crippen molar-refractivity contribution < 1.29 is 9.53 Å². The van der Waals surface area contributed by atoms with Gasteiger partial charge in [0.1, 0.15) is 5.75 Å². The van der Waals surface area contributed by atoms with Crippen molar-refractivity contribution in [3.05, 3.63) is 71.3 Å². The highest BCUT2D eigenvalue weighted by molar-refractivity contribution is 6.08. The molecule has 0 N–H and O–H groups in total. The third kappa shape index (κ3) is 3.35. The van der Waals surface area contributed by atoms with Gasteiger partial charge in [0.05, 0.1) is 7.11 Å². The van der Waals surface area contributed by atoms with Gasteiger partial charge in [0.15, 0.2) is 5.78 Å². The van der Waals surface area contributed by atoms with Crippen LogP contribution in [0.15, 0.2) is 54.6 Å². The molecule has 0 bridgehead atoms. The van der Waals surface area contributed by atoms with Gasteiger partial charge < -0.3 is 4.74 Å². The van der Waals surface area contributed by atoms with Gasteiger partial charge in [0, 0.05) is 5.56 Å². The Balaban J connectivity index is 2.20. The summed E-state index contributed by atoms with van der Waals surface area (Å²) < 4.78 is 5.12. The van der Waals surface area contributed by atoms with E-state index in [1.54, 1.807) is 13.2 Å². The monoisotopic (exact) mass is 266 g/mol. The zero-order valence-corrected chi connectivity index (χ0v) is 12.0. The van der Waals surface area contributed by atoms with Crippen molar-refractivity contribution in [2.45, 2.75) is 13.8 Å². The minimum atomic E-state index is 0.0262. The number of ether oxygens (including phenoxy) is 1. The number of rotatable bonds is 4. The first-order valence-electron chi connectivity index (χ1n) is 6.54. The van der Waals surface area contributed by atoms with E-state index in [2.05, 4.69) is 0 Å². The lowest BCUT2D eigenvalue weighted by Gasteiger charge is -2.04. The Hall–Kier alpha value is -2.35. The molecular formula is C18H18O2. The van der Waals surface area contributed by atoms with Gasteiger partial charge in [0.25, 0.3) is 0 Å². The number of carbonyl (C=O) groups is 1. The topological polar surface area (TPSA) is 26.3 Å². The standard InChI is InChI=1S/C18H18O2/c1-13-4-6-16(7-5-13)18(19)12-14(2)15-8-10-17(20-3)11-9-15/h4-12H,1-3H3/b14-12+. The summed E-state index contributed by atoms with van der Waals surface area (Å²) in [5, 5.41) is 0. The Bertz CT molecular complexity index is 619. The first-order chi connectivity index (χ1) is 9.60. The average Bonchev–Trinajstić information content (AvgIpc) is 2.48. The minimum absolute atomic E-state index is 0.0262. The van der Waals surface area contributed by atoms with E-state index in [-0.39, 0.29) is 5.78 Å². The third-order valence-corrected chi connectivity index (χ3v) is 3.23. The van der Waals surface area contributed by atoms with E-state index < -0.39 is 0 Å². The molecule has 0 spiro atoms. The van der Waals surface area contributed by atoms with Crippen molar-refractivity contribution in [2.24, 2.45) is 0 Å². The summed E-state index contributed by atoms with van der Waals surface area (Å²) in [4.78, 5) is 12.2. The number of allylic oxidation sites excluding steroid dienone is 2. The SMILES string of the molecule is COc1ccc(/C(C)=C/C(=O)c2ccc(C)cc2)cc1. The second kappa shape index (κ2) is 6.20. The summed E-state index contributed by atoms with van der Waals surface area (Å²) in [5.41, 5.74) is 3.82. The molecule has 0 aliphatic heterocycles. The maximum Gasteiger partial charge on any atom is 0.186 e. The van der Waals surface area contributed by atoms with Crippen molar-refractivity contribution in [3.63, 3.8) is 0 Å². The Morgan fingerprint density at radius 2 is 1.50 bits per heavy atom. The molecule has 2 heteroatoms. The minimum Gasteiger partial charge on any atom is -0.497 e. The van der Waals surface area contributed by atoms with Crippen LogP contribution in [0.4, 0.5) is 0 Å². The molecule has 102 valence electrons. The van der Waals surface area contributed by atoms with Gasteiger partial charge in [-0.05, 0) is 43.2 Å². The van der Waals surface area contributed by atoms with Crippen molar-refractivity contribution in [1.82, 2.24) is 0 Å². The van der Waals surface area contributed by atoms with Crippen molar-refractivity contribution >= 4 is 11.4 Å². The first-order valence-corrected chi connectivity index (χ1v) is 6.54. The van der Waals surface area contributed by atoms with Gasteiger partial charge in [-0.25, -0.2) is 0 Å². The Labute approximate surface area is 119 Å². The van der Waals surface area contributed by atoms with Crippen LogP contribution >= 0.6 is 0 Å². The number of hydrogen-bond acceptors (Lipinski definition) is 2. The summed E-state index contributed by atoms with van der Waals surface area (Å²) in [6.45, 7) is 3.95. The molecule has 0 atom stereocenters. The van der Waals surface area contributed by atoms with Crippen molar-refractivity contribution in [2.75, 3.05) is 7.11 Å². The van der Waals surface area contributed by atoms with Crippen LogP contribution in [0.25, 0.3) is 5.57 Å². The smallest absolute Gasteiger partial charge is 0.186 e. The molecule has 0 unspecified atom stereocenters. The summed E-state index contributed by atoms with van der Waals surface area (Å²) in [7, 11) is 1.64. The van der Waals surface area contributed by atoms with Crippen molar-refractivity contribution in [3.8, 4) is 5.75 Å². The predicted molar refractivity (Wildman–Crippen MR) is 82.2 cm³/mol. The third-order valence-electron chi connectivity index (χ3n) is 3.23.